The summed E-state index contributed by atoms with van der Waals surface area (Å²) in [6.07, 6.45) is 2.38. The standard InChI is InChI=1S/C16H23N3O/c1-16(17,13-5-3-2-4-6-13)15(20)18-14-11-19-9-7-12(14)8-10-19/h2-6,12,14H,7-11,17H2,1H3,(H,18,20). The van der Waals surface area contributed by atoms with Gasteiger partial charge in [-0.25, -0.2) is 0 Å². The third-order valence-corrected chi connectivity index (χ3v) is 4.82. The lowest BCUT2D eigenvalue weighted by atomic mass is 9.83. The Bertz CT molecular complexity index is 478. The molecular formula is C16H23N3O. The van der Waals surface area contributed by atoms with Crippen LogP contribution in [0.3, 0.4) is 0 Å². The van der Waals surface area contributed by atoms with Gasteiger partial charge >= 0.3 is 0 Å². The molecule has 0 saturated carbocycles. The van der Waals surface area contributed by atoms with E-state index in [-0.39, 0.29) is 11.9 Å². The Labute approximate surface area is 120 Å². The molecular weight excluding hydrogens is 250 g/mol. The zero-order chi connectivity index (χ0) is 14.2. The Balaban J connectivity index is 1.70. The Morgan fingerprint density at radius 1 is 1.30 bits per heavy atom. The molecule has 2 bridgehead atoms. The maximum atomic E-state index is 12.6. The van der Waals surface area contributed by atoms with Crippen molar-refractivity contribution in [2.75, 3.05) is 19.6 Å². The summed E-state index contributed by atoms with van der Waals surface area (Å²) in [5, 5.41) is 3.18. The second-order valence-electron chi connectivity index (χ2n) is 6.29. The SMILES string of the molecule is CC(N)(C(=O)NC1CN2CCC1CC2)c1ccccc1. The van der Waals surface area contributed by atoms with Crippen molar-refractivity contribution in [3.63, 3.8) is 0 Å². The largest absolute Gasteiger partial charge is 0.350 e. The van der Waals surface area contributed by atoms with Crippen LogP contribution >= 0.6 is 0 Å². The number of benzene rings is 1. The van der Waals surface area contributed by atoms with Crippen LogP contribution in [0.25, 0.3) is 0 Å². The fourth-order valence-electron chi connectivity index (χ4n) is 3.36. The topological polar surface area (TPSA) is 58.4 Å². The van der Waals surface area contributed by atoms with Crippen LogP contribution in [-0.4, -0.2) is 36.5 Å². The van der Waals surface area contributed by atoms with Gasteiger partial charge in [0.25, 0.3) is 0 Å². The summed E-state index contributed by atoms with van der Waals surface area (Å²) in [4.78, 5) is 15.0. The van der Waals surface area contributed by atoms with Crippen LogP contribution in [0.15, 0.2) is 30.3 Å². The highest BCUT2D eigenvalue weighted by atomic mass is 16.2. The normalized spacial score (nSPS) is 31.6. The molecule has 1 amide bonds. The van der Waals surface area contributed by atoms with Gasteiger partial charge in [-0.1, -0.05) is 30.3 Å². The number of hydrogen-bond donors (Lipinski definition) is 2. The fourth-order valence-corrected chi connectivity index (χ4v) is 3.36. The second kappa shape index (κ2) is 5.19. The van der Waals surface area contributed by atoms with Crippen LogP contribution in [0.5, 0.6) is 0 Å². The van der Waals surface area contributed by atoms with Crippen molar-refractivity contribution in [2.24, 2.45) is 11.7 Å². The van der Waals surface area contributed by atoms with E-state index < -0.39 is 5.54 Å². The molecule has 3 N–H and O–H groups in total. The minimum Gasteiger partial charge on any atom is -0.350 e. The number of rotatable bonds is 3. The molecule has 4 rings (SSSR count). The van der Waals surface area contributed by atoms with Gasteiger partial charge < -0.3 is 16.0 Å². The third kappa shape index (κ3) is 2.45. The Morgan fingerprint density at radius 3 is 2.50 bits per heavy atom. The summed E-state index contributed by atoms with van der Waals surface area (Å²) < 4.78 is 0. The highest BCUT2D eigenvalue weighted by Crippen LogP contribution is 2.28. The van der Waals surface area contributed by atoms with Gasteiger partial charge in [-0.2, -0.15) is 0 Å². The highest BCUT2D eigenvalue weighted by Gasteiger charge is 2.38. The van der Waals surface area contributed by atoms with Gasteiger partial charge in [0.1, 0.15) is 5.54 Å². The first-order chi connectivity index (χ1) is 9.57. The van der Waals surface area contributed by atoms with Crippen LogP contribution in [0.1, 0.15) is 25.3 Å². The number of nitrogens with zero attached hydrogens (tertiary/aromatic N) is 1. The molecule has 0 aliphatic carbocycles. The Morgan fingerprint density at radius 2 is 1.95 bits per heavy atom. The lowest BCUT2D eigenvalue weighted by molar-refractivity contribution is -0.128. The molecule has 4 heteroatoms. The van der Waals surface area contributed by atoms with Gasteiger partial charge in [0.2, 0.25) is 5.91 Å². The lowest BCUT2D eigenvalue weighted by Crippen LogP contribution is -2.61. The first kappa shape index (κ1) is 13.6. The summed E-state index contributed by atoms with van der Waals surface area (Å²) in [7, 11) is 0. The summed E-state index contributed by atoms with van der Waals surface area (Å²) in [6.45, 7) is 5.12. The zero-order valence-electron chi connectivity index (χ0n) is 12.0. The van der Waals surface area contributed by atoms with Crippen molar-refractivity contribution in [1.29, 1.82) is 0 Å². The van der Waals surface area contributed by atoms with E-state index in [9.17, 15) is 4.79 Å². The van der Waals surface area contributed by atoms with Gasteiger partial charge in [-0.15, -0.1) is 0 Å². The molecule has 108 valence electrons. The number of carbonyl (C=O) groups is 1. The van der Waals surface area contributed by atoms with E-state index in [4.69, 9.17) is 5.73 Å². The molecule has 3 aliphatic rings. The molecule has 0 spiro atoms. The molecule has 1 aromatic rings. The van der Waals surface area contributed by atoms with E-state index in [0.717, 1.165) is 12.1 Å². The monoisotopic (exact) mass is 273 g/mol. The van der Waals surface area contributed by atoms with E-state index in [1.165, 1.54) is 25.9 Å². The number of nitrogens with one attached hydrogen (secondary N) is 1. The van der Waals surface area contributed by atoms with Crippen LogP contribution in [0.4, 0.5) is 0 Å². The van der Waals surface area contributed by atoms with Crippen molar-refractivity contribution in [2.45, 2.75) is 31.3 Å². The predicted molar refractivity (Wildman–Crippen MR) is 79.1 cm³/mol. The quantitative estimate of drug-likeness (QED) is 0.866. The molecule has 2 unspecified atom stereocenters. The van der Waals surface area contributed by atoms with E-state index >= 15 is 0 Å². The minimum atomic E-state index is -0.965. The number of carbonyl (C=O) groups excluding carboxylic acids is 1. The van der Waals surface area contributed by atoms with Gasteiger partial charge in [0.15, 0.2) is 0 Å². The van der Waals surface area contributed by atoms with Crippen molar-refractivity contribution >= 4 is 5.91 Å². The van der Waals surface area contributed by atoms with E-state index in [2.05, 4.69) is 10.2 Å². The molecule has 3 heterocycles. The highest BCUT2D eigenvalue weighted by molar-refractivity contribution is 5.87. The molecule has 3 fully saturated rings. The summed E-state index contributed by atoms with van der Waals surface area (Å²) >= 11 is 0. The summed E-state index contributed by atoms with van der Waals surface area (Å²) in [5.74, 6) is 0.554. The first-order valence-electron chi connectivity index (χ1n) is 7.45. The van der Waals surface area contributed by atoms with Crippen LogP contribution in [0.2, 0.25) is 0 Å². The number of fused-ring (bicyclic) bond motifs is 3. The third-order valence-electron chi connectivity index (χ3n) is 4.82. The number of nitrogens with two attached hydrogens (primary N) is 1. The lowest BCUT2D eigenvalue weighted by Gasteiger charge is -2.45. The molecule has 0 radical (unpaired) electrons. The zero-order valence-corrected chi connectivity index (χ0v) is 12.0. The second-order valence-corrected chi connectivity index (χ2v) is 6.29. The van der Waals surface area contributed by atoms with Crippen molar-refractivity contribution in [1.82, 2.24) is 10.2 Å². The predicted octanol–water partition coefficient (Wildman–Crippen LogP) is 1.07. The van der Waals surface area contributed by atoms with E-state index in [1.807, 2.05) is 30.3 Å². The number of amides is 1. The van der Waals surface area contributed by atoms with Gasteiger partial charge in [0.05, 0.1) is 0 Å². The minimum absolute atomic E-state index is 0.0672. The van der Waals surface area contributed by atoms with E-state index in [1.54, 1.807) is 6.92 Å². The Kier molecular flexibility index (Phi) is 3.52. The first-order valence-corrected chi connectivity index (χ1v) is 7.45. The van der Waals surface area contributed by atoms with Crippen molar-refractivity contribution in [3.05, 3.63) is 35.9 Å². The number of hydrogen-bond acceptors (Lipinski definition) is 3. The molecule has 4 nitrogen and oxygen atoms in total. The van der Waals surface area contributed by atoms with Crippen LogP contribution in [-0.2, 0) is 10.3 Å². The maximum absolute atomic E-state index is 12.6. The van der Waals surface area contributed by atoms with Crippen LogP contribution < -0.4 is 11.1 Å². The van der Waals surface area contributed by atoms with Crippen LogP contribution in [0, 0.1) is 5.92 Å². The molecule has 1 aromatic carbocycles. The number of piperidine rings is 3. The Hall–Kier alpha value is -1.39. The summed E-state index contributed by atoms with van der Waals surface area (Å²) in [5.41, 5.74) is 6.17. The summed E-state index contributed by atoms with van der Waals surface area (Å²) in [6, 6.07) is 9.86. The molecule has 0 aromatic heterocycles. The maximum Gasteiger partial charge on any atom is 0.244 e. The van der Waals surface area contributed by atoms with Gasteiger partial charge in [-0.3, -0.25) is 4.79 Å². The average Bonchev–Trinajstić information content (AvgIpc) is 2.49. The molecule has 20 heavy (non-hydrogen) atoms. The average molecular weight is 273 g/mol. The fraction of sp³-hybridized carbons (Fsp3) is 0.562. The van der Waals surface area contributed by atoms with Crippen molar-refractivity contribution < 1.29 is 4.79 Å². The van der Waals surface area contributed by atoms with Gasteiger partial charge in [0, 0.05) is 12.6 Å². The molecule has 2 atom stereocenters. The molecule has 3 saturated heterocycles. The van der Waals surface area contributed by atoms with E-state index in [0.29, 0.717) is 5.92 Å². The smallest absolute Gasteiger partial charge is 0.244 e. The van der Waals surface area contributed by atoms with Gasteiger partial charge in [-0.05, 0) is 44.3 Å². The van der Waals surface area contributed by atoms with Crippen molar-refractivity contribution in [3.8, 4) is 0 Å². The molecule has 3 aliphatic heterocycles.